The number of amides is 1. The van der Waals surface area contributed by atoms with Gasteiger partial charge in [-0.15, -0.1) is 11.8 Å². The third-order valence-electron chi connectivity index (χ3n) is 12.1. The number of hydrogen-bond donors (Lipinski definition) is 4. The van der Waals surface area contributed by atoms with Crippen LogP contribution in [-0.4, -0.2) is 110 Å². The third-order valence-corrected chi connectivity index (χ3v) is 14.1. The first-order chi connectivity index (χ1) is 33.4. The fraction of sp³-hybridized carbons (Fsp3) is 0.509. The standard InChI is InChI=1S/C40H44ClN5O3S2.C10H22N2.2C2H6.CH4O/c1-40(2)19-18-36(29-8-12-32(41)13-9-29)31(27-40)28-44-21-23-45(24-22-44)33-14-10-30(11-15-33)39(47)43-51-35-16-17-37(38(26-35)46(48)49)42-20-25-50-34-6-4-3-5-7-34;1-4-12-7-5-10(6-8-12)11-9(2)3;3*1-2/h3-17,26,42H,18-25,27-28H2,1-2H3,(H,43,47);9-11H,4-8H2,1-3H3;2*1-2H3;2H,1H3. The molecule has 4 N–H and O–H groups in total. The fourth-order valence-electron chi connectivity index (χ4n) is 8.62. The summed E-state index contributed by atoms with van der Waals surface area (Å²) < 4.78 is 2.84. The van der Waals surface area contributed by atoms with Crippen molar-refractivity contribution in [2.45, 2.75) is 116 Å². The maximum atomic E-state index is 13.0. The number of nitrogens with one attached hydrogen (secondary N) is 3. The summed E-state index contributed by atoms with van der Waals surface area (Å²) in [5, 5.41) is 26.4. The molecule has 11 nitrogen and oxygen atoms in total. The zero-order valence-electron chi connectivity index (χ0n) is 43.2. The Kier molecular flexibility index (Phi) is 27.5. The Labute approximate surface area is 428 Å². The summed E-state index contributed by atoms with van der Waals surface area (Å²) >= 11 is 8.95. The molecule has 0 saturated carbocycles. The Morgan fingerprint density at radius 2 is 1.49 bits per heavy atom. The summed E-state index contributed by atoms with van der Waals surface area (Å²) in [5.41, 5.74) is 6.70. The molecule has 2 saturated heterocycles. The average Bonchev–Trinajstić information content (AvgIpc) is 3.37. The number of rotatable bonds is 16. The van der Waals surface area contributed by atoms with E-state index in [1.807, 2.05) is 94.4 Å². The summed E-state index contributed by atoms with van der Waals surface area (Å²) in [6, 6.07) is 32.4. The number of carbonyl (C=O) groups excluding carboxylic acids is 1. The van der Waals surface area contributed by atoms with Crippen molar-refractivity contribution in [3.63, 3.8) is 0 Å². The smallest absolute Gasteiger partial charge is 0.293 e. The molecule has 0 unspecified atom stereocenters. The second-order valence-electron chi connectivity index (χ2n) is 17.8. The van der Waals surface area contributed by atoms with E-state index in [-0.39, 0.29) is 11.6 Å². The number of allylic oxidation sites excluding steroid dienone is 1. The molecule has 0 aromatic heterocycles. The first-order valence-electron chi connectivity index (χ1n) is 25.0. The molecule has 2 heterocycles. The minimum absolute atomic E-state index is 0.0234. The van der Waals surface area contributed by atoms with Crippen LogP contribution in [0.25, 0.3) is 5.57 Å². The number of likely N-dealkylation sites (tertiary alicyclic amines) is 1. The summed E-state index contributed by atoms with van der Waals surface area (Å²) in [4.78, 5) is 33.6. The van der Waals surface area contributed by atoms with Crippen molar-refractivity contribution in [3.05, 3.63) is 129 Å². The van der Waals surface area contributed by atoms with E-state index >= 15 is 0 Å². The number of benzene rings is 4. The van der Waals surface area contributed by atoms with E-state index in [0.29, 0.717) is 34.1 Å². The molecule has 2 fully saturated rings. The molecule has 0 bridgehead atoms. The highest BCUT2D eigenvalue weighted by molar-refractivity contribution is 7.99. The number of halogens is 1. The molecule has 69 heavy (non-hydrogen) atoms. The van der Waals surface area contributed by atoms with Crippen LogP contribution in [0, 0.1) is 15.5 Å². The van der Waals surface area contributed by atoms with E-state index in [4.69, 9.17) is 16.7 Å². The molecule has 0 radical (unpaired) electrons. The second-order valence-corrected chi connectivity index (χ2v) is 20.3. The Hall–Kier alpha value is -4.08. The number of nitro groups is 1. The molecule has 1 amide bonds. The molecule has 14 heteroatoms. The summed E-state index contributed by atoms with van der Waals surface area (Å²) in [7, 11) is 1.00. The number of anilines is 2. The van der Waals surface area contributed by atoms with E-state index in [0.717, 1.165) is 92.0 Å². The zero-order chi connectivity index (χ0) is 50.8. The van der Waals surface area contributed by atoms with Crippen molar-refractivity contribution in [2.75, 3.05) is 82.0 Å². The molecule has 4 aromatic rings. The average molecular weight is 1000 g/mol. The van der Waals surface area contributed by atoms with E-state index in [1.165, 1.54) is 56.1 Å². The maximum absolute atomic E-state index is 13.0. The largest absolute Gasteiger partial charge is 0.400 e. The molecule has 0 spiro atoms. The van der Waals surface area contributed by atoms with E-state index in [2.05, 4.69) is 76.8 Å². The number of piperidine rings is 1. The number of hydrogen-bond acceptors (Lipinski definition) is 11. The van der Waals surface area contributed by atoms with Crippen molar-refractivity contribution < 1.29 is 14.8 Å². The van der Waals surface area contributed by atoms with Crippen LogP contribution in [0.1, 0.15) is 110 Å². The lowest BCUT2D eigenvalue weighted by Gasteiger charge is -2.39. The SMILES string of the molecule is CC.CC.CC1(C)CCC(c2ccc(Cl)cc2)=C(CN2CCN(c3ccc(C(=O)NSc4ccc(NCCSc5ccccc5)c([N+](=O)[O-])c4)cc3)CC2)C1.CCN1CCC(NC(C)C)CC1.CO. The van der Waals surface area contributed by atoms with Gasteiger partial charge in [-0.1, -0.05) is 110 Å². The van der Waals surface area contributed by atoms with Crippen LogP contribution in [0.2, 0.25) is 5.02 Å². The maximum Gasteiger partial charge on any atom is 0.293 e. The monoisotopic (exact) mass is 1000 g/mol. The van der Waals surface area contributed by atoms with Gasteiger partial charge in [-0.3, -0.25) is 24.5 Å². The lowest BCUT2D eigenvalue weighted by atomic mass is 9.73. The number of nitro benzene ring substituents is 1. The van der Waals surface area contributed by atoms with Crippen LogP contribution in [0.3, 0.4) is 0 Å². The minimum atomic E-state index is -0.399. The van der Waals surface area contributed by atoms with Gasteiger partial charge >= 0.3 is 0 Å². The van der Waals surface area contributed by atoms with Gasteiger partial charge in [-0.25, -0.2) is 0 Å². The number of aliphatic hydroxyl groups excluding tert-OH is 1. The zero-order valence-corrected chi connectivity index (χ0v) is 45.5. The van der Waals surface area contributed by atoms with Gasteiger partial charge in [0, 0.05) is 96.3 Å². The van der Waals surface area contributed by atoms with E-state index in [9.17, 15) is 14.9 Å². The molecule has 7 rings (SSSR count). The van der Waals surface area contributed by atoms with Gasteiger partial charge in [0.15, 0.2) is 0 Å². The fourth-order valence-corrected chi connectivity index (χ4v) is 10.2. The van der Waals surface area contributed by atoms with Crippen molar-refractivity contribution in [3.8, 4) is 0 Å². The Bertz CT molecular complexity index is 2110. The molecule has 4 aromatic carbocycles. The predicted octanol–water partition coefficient (Wildman–Crippen LogP) is 12.8. The minimum Gasteiger partial charge on any atom is -0.400 e. The van der Waals surface area contributed by atoms with Crippen LogP contribution in [-0.2, 0) is 0 Å². The Morgan fingerprint density at radius 1 is 0.855 bits per heavy atom. The van der Waals surface area contributed by atoms with Gasteiger partial charge in [0.25, 0.3) is 11.6 Å². The summed E-state index contributed by atoms with van der Waals surface area (Å²) in [6.07, 6.45) is 6.05. The molecular formula is C55H82ClN7O4S2. The summed E-state index contributed by atoms with van der Waals surface area (Å²) in [5.74, 6) is 0.520. The highest BCUT2D eigenvalue weighted by Crippen LogP contribution is 2.43. The highest BCUT2D eigenvalue weighted by Gasteiger charge is 2.29. The quantitative estimate of drug-likeness (QED) is 0.0282. The molecule has 380 valence electrons. The van der Waals surface area contributed by atoms with Gasteiger partial charge in [0.2, 0.25) is 0 Å². The van der Waals surface area contributed by atoms with Crippen LogP contribution < -0.4 is 20.3 Å². The molecular weight excluding hydrogens is 922 g/mol. The lowest BCUT2D eigenvalue weighted by molar-refractivity contribution is -0.384. The number of piperazine rings is 1. The first-order valence-corrected chi connectivity index (χ1v) is 27.2. The van der Waals surface area contributed by atoms with Gasteiger partial charge in [0.1, 0.15) is 5.69 Å². The summed E-state index contributed by atoms with van der Waals surface area (Å²) in [6.45, 7) is 28.6. The predicted molar refractivity (Wildman–Crippen MR) is 297 cm³/mol. The Balaban J connectivity index is 0.000000598. The molecule has 3 aliphatic rings. The lowest BCUT2D eigenvalue weighted by Crippen LogP contribution is -2.47. The van der Waals surface area contributed by atoms with Gasteiger partial charge in [0.05, 0.1) is 4.92 Å². The second kappa shape index (κ2) is 32.0. The number of nitrogens with zero attached hydrogens (tertiary/aromatic N) is 4. The van der Waals surface area contributed by atoms with Crippen molar-refractivity contribution >= 4 is 63.9 Å². The van der Waals surface area contributed by atoms with Crippen molar-refractivity contribution in [2.24, 2.45) is 5.41 Å². The van der Waals surface area contributed by atoms with Gasteiger partial charge in [-0.05, 0) is 141 Å². The van der Waals surface area contributed by atoms with Crippen LogP contribution in [0.4, 0.5) is 17.1 Å². The topological polar surface area (TPSA) is 126 Å². The highest BCUT2D eigenvalue weighted by atomic mass is 35.5. The third kappa shape index (κ3) is 20.3. The number of thioether (sulfide) groups is 1. The molecule has 1 aliphatic carbocycles. The van der Waals surface area contributed by atoms with E-state index in [1.54, 1.807) is 29.5 Å². The van der Waals surface area contributed by atoms with E-state index < -0.39 is 4.92 Å². The van der Waals surface area contributed by atoms with Gasteiger partial charge < -0.3 is 25.5 Å². The van der Waals surface area contributed by atoms with Gasteiger partial charge in [-0.2, -0.15) is 0 Å². The first kappa shape index (κ1) is 59.2. The van der Waals surface area contributed by atoms with Crippen molar-refractivity contribution in [1.29, 1.82) is 0 Å². The normalized spacial score (nSPS) is 16.0. The molecule has 0 atom stereocenters. The van der Waals surface area contributed by atoms with Crippen LogP contribution >= 0.6 is 35.3 Å². The van der Waals surface area contributed by atoms with Crippen molar-refractivity contribution in [1.82, 2.24) is 19.8 Å². The number of carbonyl (C=O) groups is 1. The van der Waals surface area contributed by atoms with Crippen LogP contribution in [0.5, 0.6) is 0 Å². The molecule has 2 aliphatic heterocycles. The number of aliphatic hydroxyl groups is 1. The Morgan fingerprint density at radius 3 is 2.09 bits per heavy atom. The van der Waals surface area contributed by atoms with Crippen LogP contribution in [0.15, 0.2) is 112 Å².